The zero-order valence-electron chi connectivity index (χ0n) is 12.9. The van der Waals surface area contributed by atoms with Gasteiger partial charge in [-0.25, -0.2) is 8.42 Å². The Bertz CT molecular complexity index is 583. The van der Waals surface area contributed by atoms with Gasteiger partial charge in [0.25, 0.3) is 0 Å². The Morgan fingerprint density at radius 1 is 1.33 bits per heavy atom. The van der Waals surface area contributed by atoms with Crippen LogP contribution >= 0.6 is 12.4 Å². The smallest absolute Gasteiger partial charge is 0.246 e. The molecule has 1 saturated heterocycles. The van der Waals surface area contributed by atoms with Gasteiger partial charge in [0, 0.05) is 19.6 Å². The molecular weight excluding hydrogens is 312 g/mol. The number of nitrogens with two attached hydrogens (primary N) is 1. The van der Waals surface area contributed by atoms with Gasteiger partial charge >= 0.3 is 0 Å². The monoisotopic (exact) mass is 336 g/mol. The van der Waals surface area contributed by atoms with Crippen LogP contribution in [0.15, 0.2) is 4.90 Å². The predicted molar refractivity (Wildman–Crippen MR) is 85.1 cm³/mol. The fourth-order valence-electron chi connectivity index (χ4n) is 3.02. The highest BCUT2D eigenvalue weighted by Gasteiger charge is 2.36. The maximum atomic E-state index is 13.0. The van der Waals surface area contributed by atoms with Crippen molar-refractivity contribution in [3.05, 3.63) is 11.4 Å². The molecule has 0 aromatic carbocycles. The van der Waals surface area contributed by atoms with Crippen molar-refractivity contribution in [3.8, 4) is 0 Å². The molecule has 1 unspecified atom stereocenters. The van der Waals surface area contributed by atoms with Crippen molar-refractivity contribution >= 4 is 22.4 Å². The van der Waals surface area contributed by atoms with Gasteiger partial charge in [0.15, 0.2) is 0 Å². The largest absolute Gasteiger partial charge is 0.330 e. The molecule has 21 heavy (non-hydrogen) atoms. The van der Waals surface area contributed by atoms with E-state index in [1.807, 2.05) is 0 Å². The Hall–Kier alpha value is -0.630. The molecule has 0 aliphatic carbocycles. The lowest BCUT2D eigenvalue weighted by Crippen LogP contribution is -2.44. The van der Waals surface area contributed by atoms with E-state index in [2.05, 4.69) is 5.10 Å². The minimum atomic E-state index is -3.48. The molecule has 2 rings (SSSR count). The summed E-state index contributed by atoms with van der Waals surface area (Å²) < 4.78 is 29.2. The maximum absolute atomic E-state index is 13.0. The zero-order valence-corrected chi connectivity index (χ0v) is 14.5. The van der Waals surface area contributed by atoms with Crippen molar-refractivity contribution in [2.45, 2.75) is 50.5 Å². The predicted octanol–water partition coefficient (Wildman–Crippen LogP) is 1.35. The SMILES string of the molecule is Cc1nn(C)c(C)c1S(=O)(=O)N1CCCCC1CCN.Cl. The zero-order chi connectivity index (χ0) is 14.9. The Balaban J connectivity index is 0.00000220. The number of aryl methyl sites for hydroxylation is 2. The van der Waals surface area contributed by atoms with Crippen LogP contribution in [0.2, 0.25) is 0 Å². The highest BCUT2D eigenvalue weighted by atomic mass is 35.5. The first-order chi connectivity index (χ1) is 9.39. The number of sulfonamides is 1. The summed E-state index contributed by atoms with van der Waals surface area (Å²) in [6.45, 7) is 4.65. The Morgan fingerprint density at radius 2 is 2.00 bits per heavy atom. The van der Waals surface area contributed by atoms with E-state index in [0.717, 1.165) is 25.7 Å². The van der Waals surface area contributed by atoms with Gasteiger partial charge in [-0.1, -0.05) is 6.42 Å². The third-order valence-electron chi connectivity index (χ3n) is 4.08. The van der Waals surface area contributed by atoms with Gasteiger partial charge in [-0.05, 0) is 39.7 Å². The molecule has 0 saturated carbocycles. The number of rotatable bonds is 4. The van der Waals surface area contributed by atoms with Gasteiger partial charge in [0.05, 0.1) is 11.4 Å². The maximum Gasteiger partial charge on any atom is 0.246 e. The van der Waals surface area contributed by atoms with Crippen LogP contribution in [-0.4, -0.2) is 41.6 Å². The summed E-state index contributed by atoms with van der Waals surface area (Å²) in [5.74, 6) is 0. The van der Waals surface area contributed by atoms with Crippen LogP contribution in [0.4, 0.5) is 0 Å². The summed E-state index contributed by atoms with van der Waals surface area (Å²) >= 11 is 0. The second kappa shape index (κ2) is 7.09. The number of nitrogens with zero attached hydrogens (tertiary/aromatic N) is 3. The van der Waals surface area contributed by atoms with E-state index in [4.69, 9.17) is 5.73 Å². The van der Waals surface area contributed by atoms with E-state index >= 15 is 0 Å². The van der Waals surface area contributed by atoms with Gasteiger partial charge < -0.3 is 5.73 Å². The van der Waals surface area contributed by atoms with Crippen LogP contribution in [0, 0.1) is 13.8 Å². The van der Waals surface area contributed by atoms with Crippen LogP contribution < -0.4 is 5.73 Å². The molecule has 2 heterocycles. The van der Waals surface area contributed by atoms with Crippen LogP contribution in [-0.2, 0) is 17.1 Å². The van der Waals surface area contributed by atoms with Crippen molar-refractivity contribution in [1.29, 1.82) is 0 Å². The van der Waals surface area contributed by atoms with Crippen LogP contribution in [0.5, 0.6) is 0 Å². The third kappa shape index (κ3) is 3.41. The molecule has 1 aliphatic heterocycles. The first-order valence-corrected chi connectivity index (χ1v) is 8.55. The lowest BCUT2D eigenvalue weighted by atomic mass is 10.0. The molecule has 1 atom stereocenters. The lowest BCUT2D eigenvalue weighted by molar-refractivity contribution is 0.243. The number of aromatic nitrogens is 2. The minimum absolute atomic E-state index is 0. The van der Waals surface area contributed by atoms with E-state index in [1.165, 1.54) is 0 Å². The summed E-state index contributed by atoms with van der Waals surface area (Å²) in [5.41, 5.74) is 6.89. The molecule has 1 aromatic rings. The van der Waals surface area contributed by atoms with Crippen molar-refractivity contribution in [2.24, 2.45) is 12.8 Å². The highest BCUT2D eigenvalue weighted by Crippen LogP contribution is 2.29. The van der Waals surface area contributed by atoms with Crippen molar-refractivity contribution in [1.82, 2.24) is 14.1 Å². The number of halogens is 1. The molecule has 1 aliphatic rings. The van der Waals surface area contributed by atoms with Gasteiger partial charge in [-0.3, -0.25) is 4.68 Å². The summed E-state index contributed by atoms with van der Waals surface area (Å²) in [5, 5.41) is 4.23. The van der Waals surface area contributed by atoms with Gasteiger partial charge in [-0.2, -0.15) is 9.40 Å². The fraction of sp³-hybridized carbons (Fsp3) is 0.769. The standard InChI is InChI=1S/C13H24N4O2S.ClH/c1-10-13(11(2)16(3)15-10)20(18,19)17-9-5-4-6-12(17)7-8-14;/h12H,4-9,14H2,1-3H3;1H. The highest BCUT2D eigenvalue weighted by molar-refractivity contribution is 7.89. The normalized spacial score (nSPS) is 20.3. The Kier molecular flexibility index (Phi) is 6.22. The minimum Gasteiger partial charge on any atom is -0.330 e. The first-order valence-electron chi connectivity index (χ1n) is 7.11. The molecular formula is C13H25ClN4O2S. The van der Waals surface area contributed by atoms with Crippen LogP contribution in [0.1, 0.15) is 37.1 Å². The van der Waals surface area contributed by atoms with E-state index in [9.17, 15) is 8.42 Å². The van der Waals surface area contributed by atoms with E-state index < -0.39 is 10.0 Å². The molecule has 6 nitrogen and oxygen atoms in total. The fourth-order valence-corrected chi connectivity index (χ4v) is 5.14. The molecule has 2 N–H and O–H groups in total. The topological polar surface area (TPSA) is 81.2 Å². The first kappa shape index (κ1) is 18.4. The molecule has 8 heteroatoms. The average molecular weight is 337 g/mol. The van der Waals surface area contributed by atoms with E-state index in [1.54, 1.807) is 29.9 Å². The second-order valence-electron chi connectivity index (χ2n) is 5.47. The molecule has 1 aromatic heterocycles. The number of hydrogen-bond donors (Lipinski definition) is 1. The average Bonchev–Trinajstić information content (AvgIpc) is 2.64. The quantitative estimate of drug-likeness (QED) is 0.899. The van der Waals surface area contributed by atoms with Gasteiger partial charge in [0.2, 0.25) is 10.0 Å². The van der Waals surface area contributed by atoms with Gasteiger partial charge in [0.1, 0.15) is 4.90 Å². The Labute approximate surface area is 133 Å². The summed E-state index contributed by atoms with van der Waals surface area (Å²) in [4.78, 5) is 0.365. The van der Waals surface area contributed by atoms with Crippen molar-refractivity contribution < 1.29 is 8.42 Å². The Morgan fingerprint density at radius 3 is 2.52 bits per heavy atom. The van der Waals surface area contributed by atoms with Crippen LogP contribution in [0.3, 0.4) is 0 Å². The lowest BCUT2D eigenvalue weighted by Gasteiger charge is -2.34. The molecule has 0 bridgehead atoms. The summed E-state index contributed by atoms with van der Waals surface area (Å²) in [7, 11) is -1.71. The summed E-state index contributed by atoms with van der Waals surface area (Å²) in [6, 6.07) is 0.0257. The number of piperidine rings is 1. The van der Waals surface area contributed by atoms with Crippen LogP contribution in [0.25, 0.3) is 0 Å². The molecule has 1 fully saturated rings. The molecule has 122 valence electrons. The van der Waals surface area contributed by atoms with E-state index in [0.29, 0.717) is 29.4 Å². The third-order valence-corrected chi connectivity index (χ3v) is 6.29. The number of hydrogen-bond acceptors (Lipinski definition) is 4. The second-order valence-corrected chi connectivity index (χ2v) is 7.29. The molecule has 0 spiro atoms. The molecule has 0 radical (unpaired) electrons. The molecule has 0 amide bonds. The summed E-state index contributed by atoms with van der Waals surface area (Å²) in [6.07, 6.45) is 3.60. The van der Waals surface area contributed by atoms with Crippen molar-refractivity contribution in [3.63, 3.8) is 0 Å². The van der Waals surface area contributed by atoms with E-state index in [-0.39, 0.29) is 18.4 Å². The van der Waals surface area contributed by atoms with Crippen molar-refractivity contribution in [2.75, 3.05) is 13.1 Å². The van der Waals surface area contributed by atoms with Gasteiger partial charge in [-0.15, -0.1) is 12.4 Å².